The highest BCUT2D eigenvalue weighted by Gasteiger charge is 2.27. The second-order valence-corrected chi connectivity index (χ2v) is 7.19. The fourth-order valence-electron chi connectivity index (χ4n) is 3.26. The lowest BCUT2D eigenvalue weighted by Gasteiger charge is -2.06. The van der Waals surface area contributed by atoms with E-state index in [1.54, 1.807) is 52.0 Å². The van der Waals surface area contributed by atoms with Gasteiger partial charge in [0.2, 0.25) is 5.78 Å². The van der Waals surface area contributed by atoms with Crippen LogP contribution in [0, 0.1) is 20.8 Å². The summed E-state index contributed by atoms with van der Waals surface area (Å²) in [5, 5.41) is 4.31. The smallest absolute Gasteiger partial charge is 0.344 e. The largest absolute Gasteiger partial charge is 0.462 e. The third kappa shape index (κ3) is 4.39. The van der Waals surface area contributed by atoms with Gasteiger partial charge in [-0.3, -0.25) is 4.79 Å². The number of ketones is 1. The maximum Gasteiger partial charge on any atom is 0.344 e. The van der Waals surface area contributed by atoms with Gasteiger partial charge in [-0.25, -0.2) is 9.59 Å². The average molecular weight is 445 g/mol. The van der Waals surface area contributed by atoms with E-state index in [1.807, 2.05) is 0 Å². The van der Waals surface area contributed by atoms with Crippen LogP contribution in [0.25, 0.3) is 11.3 Å². The number of aromatic nitrogens is 2. The molecule has 0 spiro atoms. The first-order valence-corrected chi connectivity index (χ1v) is 9.91. The summed E-state index contributed by atoms with van der Waals surface area (Å²) in [6, 6.07) is 6.86. The topological polar surface area (TPSA) is 111 Å². The Morgan fingerprint density at radius 1 is 1.06 bits per heavy atom. The summed E-state index contributed by atoms with van der Waals surface area (Å²) in [5.41, 5.74) is 2.25. The molecular weight excluding hydrogens is 424 g/mol. The van der Waals surface area contributed by atoms with Gasteiger partial charge >= 0.3 is 11.9 Å². The van der Waals surface area contributed by atoms with Gasteiger partial charge < -0.3 is 19.0 Å². The van der Waals surface area contributed by atoms with E-state index in [1.165, 1.54) is 0 Å². The lowest BCUT2D eigenvalue weighted by molar-refractivity contribution is 0.0471. The summed E-state index contributed by atoms with van der Waals surface area (Å²) in [5.74, 6) is -1.54. The standard InChI is InChI=1S/C22H21ClN2O6/c1-5-29-21(27)17-11(2)19(24-12(17)3)16(26)10-30-22(28)18-13(4)31-25-20(18)14-8-6-7-9-15(14)23/h6-9,24H,5,10H2,1-4H3. The molecule has 0 aliphatic heterocycles. The van der Waals surface area contributed by atoms with Gasteiger partial charge in [-0.05, 0) is 39.3 Å². The quantitative estimate of drug-likeness (QED) is 0.422. The number of hydrogen-bond acceptors (Lipinski definition) is 7. The summed E-state index contributed by atoms with van der Waals surface area (Å²) < 4.78 is 15.4. The number of hydrogen-bond donors (Lipinski definition) is 1. The number of benzene rings is 1. The Bertz CT molecular complexity index is 1160. The summed E-state index contributed by atoms with van der Waals surface area (Å²) in [6.07, 6.45) is 0. The first-order chi connectivity index (χ1) is 14.8. The first kappa shape index (κ1) is 22.3. The molecule has 8 nitrogen and oxygen atoms in total. The zero-order chi connectivity index (χ0) is 22.7. The summed E-state index contributed by atoms with van der Waals surface area (Å²) >= 11 is 6.20. The van der Waals surface area contributed by atoms with Gasteiger partial charge in [-0.1, -0.05) is 35.0 Å². The Labute approximate surface area is 183 Å². The molecule has 1 N–H and O–H groups in total. The molecule has 0 saturated carbocycles. The van der Waals surface area contributed by atoms with Gasteiger partial charge in [-0.2, -0.15) is 0 Å². The van der Waals surface area contributed by atoms with Crippen LogP contribution in [0.15, 0.2) is 28.8 Å². The molecule has 1 aromatic carbocycles. The number of aromatic amines is 1. The lowest BCUT2D eigenvalue weighted by Crippen LogP contribution is -2.16. The summed E-state index contributed by atoms with van der Waals surface area (Å²) in [6.45, 7) is 6.24. The van der Waals surface area contributed by atoms with Gasteiger partial charge in [0.05, 0.1) is 22.9 Å². The number of nitrogens with one attached hydrogen (secondary N) is 1. The molecule has 31 heavy (non-hydrogen) atoms. The minimum Gasteiger partial charge on any atom is -0.462 e. The predicted molar refractivity (Wildman–Crippen MR) is 113 cm³/mol. The fourth-order valence-corrected chi connectivity index (χ4v) is 3.49. The van der Waals surface area contributed by atoms with Gasteiger partial charge in [0, 0.05) is 11.3 Å². The Kier molecular flexibility index (Phi) is 6.60. The molecule has 0 bridgehead atoms. The lowest BCUT2D eigenvalue weighted by atomic mass is 10.1. The van der Waals surface area contributed by atoms with E-state index in [2.05, 4.69) is 10.1 Å². The Balaban J connectivity index is 1.79. The molecule has 0 fully saturated rings. The Morgan fingerprint density at radius 2 is 1.74 bits per heavy atom. The SMILES string of the molecule is CCOC(=O)c1c(C)[nH]c(C(=O)COC(=O)c2c(-c3ccccc3Cl)noc2C)c1C. The van der Waals surface area contributed by atoms with Crippen LogP contribution in [0.4, 0.5) is 0 Å². The van der Waals surface area contributed by atoms with Gasteiger partial charge in [0.15, 0.2) is 6.61 Å². The van der Waals surface area contributed by atoms with E-state index in [0.717, 1.165) is 0 Å². The number of H-pyrrole nitrogens is 1. The summed E-state index contributed by atoms with van der Waals surface area (Å²) in [7, 11) is 0. The van der Waals surface area contributed by atoms with Crippen molar-refractivity contribution in [3.05, 3.63) is 63.1 Å². The molecule has 3 rings (SSSR count). The van der Waals surface area contributed by atoms with E-state index < -0.39 is 24.3 Å². The normalized spacial score (nSPS) is 10.7. The minimum absolute atomic E-state index is 0.0903. The number of Topliss-reactive ketones (excluding diaryl/α,β-unsaturated/α-hetero) is 1. The molecule has 0 aliphatic carbocycles. The maximum absolute atomic E-state index is 12.7. The molecule has 0 radical (unpaired) electrons. The second kappa shape index (κ2) is 9.18. The van der Waals surface area contributed by atoms with Crippen molar-refractivity contribution in [1.82, 2.24) is 10.1 Å². The number of carbonyl (C=O) groups excluding carboxylic acids is 3. The van der Waals surface area contributed by atoms with E-state index in [0.29, 0.717) is 27.4 Å². The van der Waals surface area contributed by atoms with Crippen molar-refractivity contribution in [2.24, 2.45) is 0 Å². The van der Waals surface area contributed by atoms with E-state index in [4.69, 9.17) is 25.6 Å². The third-order valence-electron chi connectivity index (χ3n) is 4.73. The average Bonchev–Trinajstić information content (AvgIpc) is 3.25. The maximum atomic E-state index is 12.7. The van der Waals surface area contributed by atoms with Crippen molar-refractivity contribution < 1.29 is 28.4 Å². The van der Waals surface area contributed by atoms with Crippen molar-refractivity contribution in [2.45, 2.75) is 27.7 Å². The number of carbonyl (C=O) groups is 3. The van der Waals surface area contributed by atoms with Crippen LogP contribution in [0.1, 0.15) is 55.1 Å². The molecule has 9 heteroatoms. The number of aryl methyl sites for hydroxylation is 2. The second-order valence-electron chi connectivity index (χ2n) is 6.79. The van der Waals surface area contributed by atoms with Crippen LogP contribution < -0.4 is 0 Å². The summed E-state index contributed by atoms with van der Waals surface area (Å²) in [4.78, 5) is 40.4. The van der Waals surface area contributed by atoms with Crippen molar-refractivity contribution in [2.75, 3.05) is 13.2 Å². The molecular formula is C22H21ClN2O6. The van der Waals surface area contributed by atoms with Crippen LogP contribution in [-0.2, 0) is 9.47 Å². The molecule has 3 aromatic rings. The van der Waals surface area contributed by atoms with Crippen molar-refractivity contribution in [1.29, 1.82) is 0 Å². The van der Waals surface area contributed by atoms with Gasteiger partial charge in [0.25, 0.3) is 0 Å². The zero-order valence-corrected chi connectivity index (χ0v) is 18.3. The zero-order valence-electron chi connectivity index (χ0n) is 17.5. The van der Waals surface area contributed by atoms with Crippen molar-refractivity contribution >= 4 is 29.3 Å². The molecule has 2 heterocycles. The Hall–Kier alpha value is -3.39. The number of esters is 2. The van der Waals surface area contributed by atoms with E-state index in [-0.39, 0.29) is 29.3 Å². The van der Waals surface area contributed by atoms with Crippen LogP contribution in [0.3, 0.4) is 0 Å². The van der Waals surface area contributed by atoms with E-state index >= 15 is 0 Å². The number of rotatable bonds is 7. The molecule has 0 saturated heterocycles. The van der Waals surface area contributed by atoms with Gasteiger partial charge in [0.1, 0.15) is 17.0 Å². The third-order valence-corrected chi connectivity index (χ3v) is 5.06. The van der Waals surface area contributed by atoms with Crippen LogP contribution in [0.2, 0.25) is 5.02 Å². The molecule has 162 valence electrons. The molecule has 0 aliphatic rings. The molecule has 2 aromatic heterocycles. The van der Waals surface area contributed by atoms with Crippen LogP contribution in [-0.4, -0.2) is 41.1 Å². The number of halogens is 1. The van der Waals surface area contributed by atoms with Crippen LogP contribution >= 0.6 is 11.6 Å². The highest BCUT2D eigenvalue weighted by Crippen LogP contribution is 2.31. The molecule has 0 amide bonds. The predicted octanol–water partition coefficient (Wildman–Crippen LogP) is 4.46. The van der Waals surface area contributed by atoms with E-state index in [9.17, 15) is 14.4 Å². The molecule has 0 unspecified atom stereocenters. The minimum atomic E-state index is -0.770. The number of nitrogens with zero attached hydrogens (tertiary/aromatic N) is 1. The fraction of sp³-hybridized carbons (Fsp3) is 0.273. The monoisotopic (exact) mass is 444 g/mol. The highest BCUT2D eigenvalue weighted by atomic mass is 35.5. The van der Waals surface area contributed by atoms with Crippen molar-refractivity contribution in [3.63, 3.8) is 0 Å². The van der Waals surface area contributed by atoms with Gasteiger partial charge in [-0.15, -0.1) is 0 Å². The first-order valence-electron chi connectivity index (χ1n) is 9.54. The highest BCUT2D eigenvalue weighted by molar-refractivity contribution is 6.33. The van der Waals surface area contributed by atoms with Crippen LogP contribution in [0.5, 0.6) is 0 Å². The molecule has 0 atom stereocenters. The Morgan fingerprint density at radius 3 is 2.42 bits per heavy atom. The number of ether oxygens (including phenoxy) is 2. The van der Waals surface area contributed by atoms with Crippen molar-refractivity contribution in [3.8, 4) is 11.3 Å².